The monoisotopic (exact) mass is 253 g/mol. The molecule has 0 radical (unpaired) electrons. The number of anilines is 1. The number of aryl methyl sites for hydroxylation is 1. The summed E-state index contributed by atoms with van der Waals surface area (Å²) in [4.78, 5) is 0. The maximum atomic E-state index is 13.0. The maximum Gasteiger partial charge on any atom is 0.136 e. The van der Waals surface area contributed by atoms with Crippen LogP contribution >= 0.6 is 11.5 Å². The van der Waals surface area contributed by atoms with Crippen LogP contribution in [0, 0.1) is 12.7 Å². The molecule has 0 aliphatic rings. The number of hydrogen-bond acceptors (Lipinski definition) is 5. The number of nitrogens with zero attached hydrogens (tertiary/aromatic N) is 2. The molecule has 2 aromatic rings. The van der Waals surface area contributed by atoms with E-state index in [-0.39, 0.29) is 5.82 Å². The van der Waals surface area contributed by atoms with E-state index in [2.05, 4.69) is 14.9 Å². The van der Waals surface area contributed by atoms with Crippen molar-refractivity contribution >= 4 is 16.5 Å². The van der Waals surface area contributed by atoms with Crippen LogP contribution in [0.25, 0.3) is 0 Å². The number of benzene rings is 1. The average Bonchev–Trinajstić information content (AvgIpc) is 2.78. The Morgan fingerprint density at radius 2 is 2.29 bits per heavy atom. The van der Waals surface area contributed by atoms with Crippen molar-refractivity contribution in [2.75, 3.05) is 12.4 Å². The number of aromatic nitrogens is 2. The number of halogens is 1. The summed E-state index contributed by atoms with van der Waals surface area (Å²) < 4.78 is 22.4. The normalized spacial score (nSPS) is 10.3. The Bertz CT molecular complexity index is 515. The second-order valence-corrected chi connectivity index (χ2v) is 4.25. The highest BCUT2D eigenvalue weighted by Crippen LogP contribution is 2.20. The van der Waals surface area contributed by atoms with Gasteiger partial charge in [0.05, 0.1) is 0 Å². The number of hydrogen-bond donors (Lipinski definition) is 1. The van der Waals surface area contributed by atoms with E-state index in [9.17, 15) is 4.39 Å². The second-order valence-electron chi connectivity index (χ2n) is 3.50. The molecule has 1 N–H and O–H groups in total. The smallest absolute Gasteiger partial charge is 0.136 e. The van der Waals surface area contributed by atoms with Crippen molar-refractivity contribution in [3.8, 4) is 5.75 Å². The molecule has 6 heteroatoms. The second kappa shape index (κ2) is 5.09. The van der Waals surface area contributed by atoms with Gasteiger partial charge in [0, 0.05) is 18.6 Å². The van der Waals surface area contributed by atoms with Crippen molar-refractivity contribution in [2.45, 2.75) is 13.5 Å². The quantitative estimate of drug-likeness (QED) is 0.909. The third-order valence-electron chi connectivity index (χ3n) is 2.29. The molecule has 0 amide bonds. The van der Waals surface area contributed by atoms with Crippen molar-refractivity contribution in [3.05, 3.63) is 35.3 Å². The lowest BCUT2D eigenvalue weighted by molar-refractivity contribution is 0.301. The van der Waals surface area contributed by atoms with Gasteiger partial charge in [-0.25, -0.2) is 4.39 Å². The first-order valence-electron chi connectivity index (χ1n) is 5.08. The Kier molecular flexibility index (Phi) is 3.53. The van der Waals surface area contributed by atoms with Gasteiger partial charge in [-0.05, 0) is 30.7 Å². The van der Waals surface area contributed by atoms with Crippen LogP contribution in [0.15, 0.2) is 18.2 Å². The molecule has 0 saturated heterocycles. The lowest BCUT2D eigenvalue weighted by Crippen LogP contribution is -2.00. The third-order valence-corrected chi connectivity index (χ3v) is 3.07. The summed E-state index contributed by atoms with van der Waals surface area (Å²) in [5.41, 5.74) is 1.31. The summed E-state index contributed by atoms with van der Waals surface area (Å²) in [6, 6.07) is 4.65. The molecule has 0 aliphatic carbocycles. The third kappa shape index (κ3) is 2.71. The molecule has 0 atom stereocenters. The van der Waals surface area contributed by atoms with Gasteiger partial charge in [0.25, 0.3) is 0 Å². The minimum atomic E-state index is -0.233. The number of rotatable bonds is 4. The van der Waals surface area contributed by atoms with Crippen LogP contribution in [0.4, 0.5) is 9.39 Å². The summed E-state index contributed by atoms with van der Waals surface area (Å²) in [5, 5.41) is 7.81. The summed E-state index contributed by atoms with van der Waals surface area (Å²) in [7, 11) is 1.81. The van der Waals surface area contributed by atoms with Gasteiger partial charge in [-0.15, -0.1) is 5.10 Å². The van der Waals surface area contributed by atoms with Crippen LogP contribution in [-0.4, -0.2) is 16.6 Å². The zero-order chi connectivity index (χ0) is 12.3. The molecule has 1 aromatic carbocycles. The molecule has 0 unspecified atom stereocenters. The Morgan fingerprint density at radius 1 is 1.47 bits per heavy atom. The topological polar surface area (TPSA) is 47.0 Å². The molecular weight excluding hydrogens is 241 g/mol. The highest BCUT2D eigenvalue weighted by molar-refractivity contribution is 7.10. The minimum Gasteiger partial charge on any atom is -0.487 e. The van der Waals surface area contributed by atoms with E-state index in [0.29, 0.717) is 17.9 Å². The molecular formula is C11H12FN3OS. The van der Waals surface area contributed by atoms with Crippen molar-refractivity contribution in [1.29, 1.82) is 0 Å². The predicted octanol–water partition coefficient (Wildman–Crippen LogP) is 2.61. The highest BCUT2D eigenvalue weighted by Gasteiger charge is 2.07. The largest absolute Gasteiger partial charge is 0.487 e. The molecule has 0 spiro atoms. The van der Waals surface area contributed by atoms with Crippen molar-refractivity contribution in [2.24, 2.45) is 0 Å². The molecule has 0 bridgehead atoms. The lowest BCUT2D eigenvalue weighted by atomic mass is 10.2. The standard InChI is InChI=1S/C11H12FN3OS/c1-7-5-8(3-4-9(7)12)16-6-10-11(13-2)17-15-14-10/h3-5,13H,6H2,1-2H3. The Hall–Kier alpha value is -1.69. The fourth-order valence-corrected chi connectivity index (χ4v) is 1.87. The predicted molar refractivity (Wildman–Crippen MR) is 64.9 cm³/mol. The van der Waals surface area contributed by atoms with E-state index in [0.717, 1.165) is 10.7 Å². The molecule has 2 rings (SSSR count). The fraction of sp³-hybridized carbons (Fsp3) is 0.273. The average molecular weight is 253 g/mol. The Labute approximate surface area is 103 Å². The van der Waals surface area contributed by atoms with E-state index in [1.165, 1.54) is 17.6 Å². The molecule has 4 nitrogen and oxygen atoms in total. The molecule has 90 valence electrons. The van der Waals surface area contributed by atoms with Gasteiger partial charge in [0.1, 0.15) is 28.9 Å². The first-order valence-corrected chi connectivity index (χ1v) is 5.86. The highest BCUT2D eigenvalue weighted by atomic mass is 32.1. The van der Waals surface area contributed by atoms with Gasteiger partial charge in [-0.2, -0.15) is 0 Å². The van der Waals surface area contributed by atoms with Crippen LogP contribution in [0.1, 0.15) is 11.3 Å². The van der Waals surface area contributed by atoms with Crippen LogP contribution in [0.5, 0.6) is 5.75 Å². The van der Waals surface area contributed by atoms with Crippen LogP contribution in [0.3, 0.4) is 0 Å². The zero-order valence-electron chi connectivity index (χ0n) is 9.53. The Morgan fingerprint density at radius 3 is 3.00 bits per heavy atom. The molecule has 0 fully saturated rings. The van der Waals surface area contributed by atoms with E-state index < -0.39 is 0 Å². The van der Waals surface area contributed by atoms with E-state index in [1.807, 2.05) is 0 Å². The number of nitrogens with one attached hydrogen (secondary N) is 1. The van der Waals surface area contributed by atoms with Gasteiger partial charge < -0.3 is 10.1 Å². The van der Waals surface area contributed by atoms with Crippen molar-refractivity contribution < 1.29 is 9.13 Å². The summed E-state index contributed by atoms with van der Waals surface area (Å²) in [5.74, 6) is 0.391. The lowest BCUT2D eigenvalue weighted by Gasteiger charge is -2.06. The van der Waals surface area contributed by atoms with Crippen LogP contribution in [-0.2, 0) is 6.61 Å². The van der Waals surface area contributed by atoms with E-state index in [1.54, 1.807) is 26.1 Å². The van der Waals surface area contributed by atoms with Crippen molar-refractivity contribution in [1.82, 2.24) is 9.59 Å². The SMILES string of the molecule is CNc1snnc1COc1ccc(F)c(C)c1. The van der Waals surface area contributed by atoms with E-state index >= 15 is 0 Å². The minimum absolute atomic E-state index is 0.233. The number of ether oxygens (including phenoxy) is 1. The van der Waals surface area contributed by atoms with Gasteiger partial charge in [0.2, 0.25) is 0 Å². The summed E-state index contributed by atoms with van der Waals surface area (Å²) in [6.45, 7) is 2.02. The fourth-order valence-electron chi connectivity index (χ4n) is 1.35. The van der Waals surface area contributed by atoms with Gasteiger partial charge >= 0.3 is 0 Å². The van der Waals surface area contributed by atoms with Gasteiger partial charge in [-0.3, -0.25) is 0 Å². The van der Waals surface area contributed by atoms with Gasteiger partial charge in [-0.1, -0.05) is 4.49 Å². The van der Waals surface area contributed by atoms with E-state index in [4.69, 9.17) is 4.74 Å². The maximum absolute atomic E-state index is 13.0. The molecule has 1 heterocycles. The van der Waals surface area contributed by atoms with Crippen LogP contribution < -0.4 is 10.1 Å². The molecule has 17 heavy (non-hydrogen) atoms. The first-order chi connectivity index (χ1) is 8.20. The molecule has 0 aliphatic heterocycles. The Balaban J connectivity index is 2.05. The van der Waals surface area contributed by atoms with Gasteiger partial charge in [0.15, 0.2) is 0 Å². The molecule has 1 aromatic heterocycles. The van der Waals surface area contributed by atoms with Crippen LogP contribution in [0.2, 0.25) is 0 Å². The van der Waals surface area contributed by atoms with Crippen molar-refractivity contribution in [3.63, 3.8) is 0 Å². The summed E-state index contributed by atoms with van der Waals surface area (Å²) in [6.07, 6.45) is 0. The zero-order valence-corrected chi connectivity index (χ0v) is 10.3. The first kappa shape index (κ1) is 11.8. The summed E-state index contributed by atoms with van der Waals surface area (Å²) >= 11 is 1.28. The molecule has 0 saturated carbocycles.